The first-order valence-corrected chi connectivity index (χ1v) is 14.8. The van der Waals surface area contributed by atoms with Gasteiger partial charge >= 0.3 is 6.09 Å². The lowest BCUT2D eigenvalue weighted by Gasteiger charge is -2.54. The molecular weight excluding hydrogens is 534 g/mol. The van der Waals surface area contributed by atoms with E-state index in [0.29, 0.717) is 28.6 Å². The summed E-state index contributed by atoms with van der Waals surface area (Å²) in [7, 11) is 0. The molecule has 2 amide bonds. The maximum absolute atomic E-state index is 13.5. The zero-order chi connectivity index (χ0) is 29.2. The van der Waals surface area contributed by atoms with Gasteiger partial charge in [0.1, 0.15) is 17.0 Å². The van der Waals surface area contributed by atoms with Crippen LogP contribution in [0.3, 0.4) is 0 Å². The molecule has 4 aromatic rings. The van der Waals surface area contributed by atoms with E-state index >= 15 is 0 Å². The summed E-state index contributed by atoms with van der Waals surface area (Å²) >= 11 is 0. The zero-order valence-electron chi connectivity index (χ0n) is 24.5. The van der Waals surface area contributed by atoms with Crippen LogP contribution in [0, 0.1) is 11.3 Å². The predicted octanol–water partition coefficient (Wildman–Crippen LogP) is 5.47. The molecule has 3 fully saturated rings. The second kappa shape index (κ2) is 9.71. The summed E-state index contributed by atoms with van der Waals surface area (Å²) in [6.07, 6.45) is 12.0. The second-order valence-corrected chi connectivity index (χ2v) is 13.4. The van der Waals surface area contributed by atoms with Crippen molar-refractivity contribution in [3.05, 3.63) is 48.5 Å². The van der Waals surface area contributed by atoms with Crippen LogP contribution in [0.4, 0.5) is 10.5 Å². The van der Waals surface area contributed by atoms with E-state index in [2.05, 4.69) is 33.2 Å². The van der Waals surface area contributed by atoms with Crippen LogP contribution in [0.5, 0.6) is 5.75 Å². The van der Waals surface area contributed by atoms with E-state index in [1.807, 2.05) is 37.8 Å². The molecule has 11 nitrogen and oxygen atoms in total. The molecule has 7 rings (SSSR count). The van der Waals surface area contributed by atoms with Crippen molar-refractivity contribution >= 4 is 34.2 Å². The average Bonchev–Trinajstić information content (AvgIpc) is 3.49. The number of fused-ring (bicyclic) bond motifs is 2. The molecule has 4 heterocycles. The van der Waals surface area contributed by atoms with Crippen molar-refractivity contribution in [3.63, 3.8) is 0 Å². The Morgan fingerprint density at radius 3 is 2.69 bits per heavy atom. The molecule has 1 aromatic carbocycles. The van der Waals surface area contributed by atoms with Gasteiger partial charge in [-0.3, -0.25) is 9.48 Å². The van der Waals surface area contributed by atoms with Crippen LogP contribution in [-0.2, 0) is 4.74 Å². The van der Waals surface area contributed by atoms with Gasteiger partial charge in [-0.05, 0) is 70.9 Å². The minimum absolute atomic E-state index is 0.131. The van der Waals surface area contributed by atoms with Gasteiger partial charge in [-0.25, -0.2) is 14.3 Å². The molecule has 2 aliphatic carbocycles. The summed E-state index contributed by atoms with van der Waals surface area (Å²) in [6.45, 7) is 9.48. The van der Waals surface area contributed by atoms with Crippen molar-refractivity contribution in [1.29, 1.82) is 0 Å². The lowest BCUT2D eigenvalue weighted by atomic mass is 9.64. The Morgan fingerprint density at radius 1 is 1.14 bits per heavy atom. The highest BCUT2D eigenvalue weighted by Crippen LogP contribution is 2.50. The molecule has 0 bridgehead atoms. The molecule has 0 radical (unpaired) electrons. The highest BCUT2D eigenvalue weighted by Gasteiger charge is 2.50. The number of carbonyl (C=O) groups excluding carboxylic acids is 2. The van der Waals surface area contributed by atoms with Gasteiger partial charge in [-0.1, -0.05) is 6.92 Å². The molecular formula is C31H37N7O4. The number of amides is 2. The van der Waals surface area contributed by atoms with E-state index < -0.39 is 5.60 Å². The van der Waals surface area contributed by atoms with Crippen molar-refractivity contribution in [1.82, 2.24) is 29.3 Å². The Balaban J connectivity index is 1.09. The maximum Gasteiger partial charge on any atom is 0.410 e. The maximum atomic E-state index is 13.5. The third-order valence-electron chi connectivity index (χ3n) is 8.64. The number of nitrogens with zero attached hydrogens (tertiary/aromatic N) is 6. The zero-order valence-corrected chi connectivity index (χ0v) is 24.5. The minimum Gasteiger partial charge on any atom is -0.490 e. The lowest BCUT2D eigenvalue weighted by Crippen LogP contribution is -2.61. The van der Waals surface area contributed by atoms with E-state index in [1.165, 1.54) is 0 Å². The molecule has 3 aromatic heterocycles. The number of nitrogens with one attached hydrogen (secondary N) is 1. The smallest absolute Gasteiger partial charge is 0.410 e. The van der Waals surface area contributed by atoms with Gasteiger partial charge < -0.3 is 19.7 Å². The number of carbonyl (C=O) groups is 2. The highest BCUT2D eigenvalue weighted by atomic mass is 16.6. The first-order valence-electron chi connectivity index (χ1n) is 14.8. The molecule has 1 saturated heterocycles. The molecule has 3 aliphatic rings. The van der Waals surface area contributed by atoms with Gasteiger partial charge in [-0.2, -0.15) is 10.2 Å². The van der Waals surface area contributed by atoms with Gasteiger partial charge in [0.05, 0.1) is 29.4 Å². The summed E-state index contributed by atoms with van der Waals surface area (Å²) < 4.78 is 15.5. The number of benzene rings is 1. The van der Waals surface area contributed by atoms with Crippen LogP contribution >= 0.6 is 0 Å². The van der Waals surface area contributed by atoms with Crippen LogP contribution < -0.4 is 10.1 Å². The molecule has 1 N–H and O–H groups in total. The summed E-state index contributed by atoms with van der Waals surface area (Å²) in [5, 5.41) is 13.1. The molecule has 0 unspecified atom stereocenters. The fourth-order valence-corrected chi connectivity index (χ4v) is 6.55. The largest absolute Gasteiger partial charge is 0.490 e. The molecule has 1 spiro atoms. The SMILES string of the molecule is C[C@@H]1CC2(CC[C@H]1n1cc3cc(C(=O)Nc4cnn5cccnc45)c(OC4CC4)cc3n1)CN(C(=O)OC(C)(C)C)C2. The normalized spacial score (nSPS) is 21.9. The fourth-order valence-electron chi connectivity index (χ4n) is 6.55. The molecule has 220 valence electrons. The van der Waals surface area contributed by atoms with Crippen molar-refractivity contribution in [2.45, 2.75) is 77.5 Å². The number of rotatable bonds is 5. The van der Waals surface area contributed by atoms with Crippen molar-refractivity contribution in [2.24, 2.45) is 11.3 Å². The summed E-state index contributed by atoms with van der Waals surface area (Å²) in [5.74, 6) is 0.666. The van der Waals surface area contributed by atoms with Crippen LogP contribution in [-0.4, -0.2) is 66.1 Å². The highest BCUT2D eigenvalue weighted by molar-refractivity contribution is 6.09. The molecule has 42 heavy (non-hydrogen) atoms. The quantitative estimate of drug-likeness (QED) is 0.338. The van der Waals surface area contributed by atoms with Crippen LogP contribution in [0.2, 0.25) is 0 Å². The molecule has 11 heteroatoms. The topological polar surface area (TPSA) is 116 Å². The van der Waals surface area contributed by atoms with Gasteiger partial charge in [0, 0.05) is 48.5 Å². The lowest BCUT2D eigenvalue weighted by molar-refractivity contribution is -0.0648. The number of likely N-dealkylation sites (tertiary alicyclic amines) is 1. The first-order chi connectivity index (χ1) is 20.1. The molecule has 2 saturated carbocycles. The van der Waals surface area contributed by atoms with Crippen LogP contribution in [0.25, 0.3) is 16.6 Å². The Hall–Kier alpha value is -4.15. The standard InChI is InChI=1S/C31H37N7O4/c1-19-14-31(17-36(18-31)29(40)42-30(2,3)4)9-8-25(19)38-16-20-12-22(26(13-23(20)35-38)41-21-6-7-21)28(39)34-24-15-33-37-11-5-10-32-27(24)37/h5,10-13,15-16,19,21,25H,6-9,14,17-18H2,1-4H3,(H,34,39)/t19-,25-/m1/s1. The van der Waals surface area contributed by atoms with Crippen molar-refractivity contribution in [3.8, 4) is 5.75 Å². The van der Waals surface area contributed by atoms with Gasteiger partial charge in [0.2, 0.25) is 0 Å². The van der Waals surface area contributed by atoms with Crippen molar-refractivity contribution in [2.75, 3.05) is 18.4 Å². The van der Waals surface area contributed by atoms with Crippen LogP contribution in [0.1, 0.15) is 76.2 Å². The monoisotopic (exact) mass is 571 g/mol. The van der Waals surface area contributed by atoms with E-state index in [0.717, 1.165) is 56.1 Å². The Morgan fingerprint density at radius 2 is 1.95 bits per heavy atom. The van der Waals surface area contributed by atoms with E-state index in [1.54, 1.807) is 29.2 Å². The molecule has 2 atom stereocenters. The third-order valence-corrected chi connectivity index (χ3v) is 8.64. The number of ether oxygens (including phenoxy) is 2. The number of anilines is 1. The minimum atomic E-state index is -0.484. The molecule has 1 aliphatic heterocycles. The first kappa shape index (κ1) is 26.7. The number of hydrogen-bond donors (Lipinski definition) is 1. The fraction of sp³-hybridized carbons (Fsp3) is 0.516. The summed E-state index contributed by atoms with van der Waals surface area (Å²) in [6, 6.07) is 5.81. The van der Waals surface area contributed by atoms with Gasteiger partial charge in [0.25, 0.3) is 5.91 Å². The summed E-state index contributed by atoms with van der Waals surface area (Å²) in [4.78, 5) is 32.2. The number of aromatic nitrogens is 5. The average molecular weight is 572 g/mol. The van der Waals surface area contributed by atoms with Crippen molar-refractivity contribution < 1.29 is 19.1 Å². The number of hydrogen-bond acceptors (Lipinski definition) is 7. The summed E-state index contributed by atoms with van der Waals surface area (Å²) in [5.41, 5.74) is 2.07. The van der Waals surface area contributed by atoms with E-state index in [9.17, 15) is 9.59 Å². The Kier molecular flexibility index (Phi) is 6.18. The van der Waals surface area contributed by atoms with Gasteiger partial charge in [-0.15, -0.1) is 0 Å². The third kappa shape index (κ3) is 5.05. The van der Waals surface area contributed by atoms with E-state index in [4.69, 9.17) is 14.6 Å². The predicted molar refractivity (Wildman–Crippen MR) is 157 cm³/mol. The van der Waals surface area contributed by atoms with E-state index in [-0.39, 0.29) is 29.6 Å². The van der Waals surface area contributed by atoms with Gasteiger partial charge in [0.15, 0.2) is 5.65 Å². The Bertz CT molecular complexity index is 1680. The Labute approximate surface area is 244 Å². The van der Waals surface area contributed by atoms with Crippen LogP contribution in [0.15, 0.2) is 43.0 Å². The second-order valence-electron chi connectivity index (χ2n) is 13.4.